The smallest absolute Gasteiger partial charge is 0.0977 e. The Labute approximate surface area is 68.4 Å². The van der Waals surface area contributed by atoms with Gasteiger partial charge in [0.1, 0.15) is 0 Å². The van der Waals surface area contributed by atoms with E-state index in [0.717, 1.165) is 0 Å². The zero-order valence-corrected chi connectivity index (χ0v) is 7.23. The lowest BCUT2D eigenvalue weighted by atomic mass is 9.84. The molecule has 62 valence electrons. The average molecular weight is 152 g/mol. The quantitative estimate of drug-likeness (QED) is 0.561. The van der Waals surface area contributed by atoms with Crippen LogP contribution in [0.25, 0.3) is 0 Å². The number of ether oxygens (including phenoxy) is 1. The molecule has 0 aliphatic heterocycles. The van der Waals surface area contributed by atoms with Crippen molar-refractivity contribution in [3.8, 4) is 0 Å². The molecule has 0 radical (unpaired) electrons. The van der Waals surface area contributed by atoms with Gasteiger partial charge in [0.2, 0.25) is 0 Å². The fraction of sp³-hybridized carbons (Fsp3) is 0.800. The maximum absolute atomic E-state index is 5.41. The molecule has 2 rings (SSSR count). The van der Waals surface area contributed by atoms with Crippen molar-refractivity contribution in [2.75, 3.05) is 7.11 Å². The van der Waals surface area contributed by atoms with E-state index in [1.165, 1.54) is 44.3 Å². The molecule has 1 spiro atoms. The fourth-order valence-corrected chi connectivity index (χ4v) is 2.67. The maximum atomic E-state index is 5.41. The van der Waals surface area contributed by atoms with Crippen LogP contribution in [0.2, 0.25) is 0 Å². The second kappa shape index (κ2) is 2.54. The van der Waals surface area contributed by atoms with Crippen molar-refractivity contribution < 1.29 is 4.74 Å². The largest absolute Gasteiger partial charge is 0.501 e. The summed E-state index contributed by atoms with van der Waals surface area (Å²) in [6.45, 7) is 0. The normalized spacial score (nSPS) is 27.5. The van der Waals surface area contributed by atoms with Crippen LogP contribution in [0.15, 0.2) is 11.8 Å². The SMILES string of the molecule is COC1=CCCC12CCCC2. The van der Waals surface area contributed by atoms with Crippen molar-refractivity contribution in [1.29, 1.82) is 0 Å². The number of hydrogen-bond acceptors (Lipinski definition) is 1. The van der Waals surface area contributed by atoms with Crippen LogP contribution in [-0.2, 0) is 4.74 Å². The van der Waals surface area contributed by atoms with Gasteiger partial charge in [-0.2, -0.15) is 0 Å². The van der Waals surface area contributed by atoms with Crippen LogP contribution in [0.3, 0.4) is 0 Å². The summed E-state index contributed by atoms with van der Waals surface area (Å²) in [6, 6.07) is 0. The summed E-state index contributed by atoms with van der Waals surface area (Å²) in [5.41, 5.74) is 0.495. The van der Waals surface area contributed by atoms with Gasteiger partial charge in [0, 0.05) is 5.41 Å². The molecule has 0 amide bonds. The zero-order valence-electron chi connectivity index (χ0n) is 7.23. The van der Waals surface area contributed by atoms with E-state index in [2.05, 4.69) is 6.08 Å². The lowest BCUT2D eigenvalue weighted by Crippen LogP contribution is -2.16. The van der Waals surface area contributed by atoms with Crippen molar-refractivity contribution in [2.24, 2.45) is 5.41 Å². The second-order valence-corrected chi connectivity index (χ2v) is 3.80. The molecule has 1 nitrogen and oxygen atoms in total. The van der Waals surface area contributed by atoms with Crippen LogP contribution in [-0.4, -0.2) is 7.11 Å². The summed E-state index contributed by atoms with van der Waals surface area (Å²) < 4.78 is 5.41. The molecule has 0 aromatic heterocycles. The van der Waals surface area contributed by atoms with Crippen molar-refractivity contribution in [1.82, 2.24) is 0 Å². The minimum absolute atomic E-state index is 0.495. The summed E-state index contributed by atoms with van der Waals surface area (Å²) >= 11 is 0. The van der Waals surface area contributed by atoms with Gasteiger partial charge >= 0.3 is 0 Å². The highest BCUT2D eigenvalue weighted by molar-refractivity contribution is 5.16. The molecule has 2 aliphatic rings. The third-order valence-corrected chi connectivity index (χ3v) is 3.26. The summed E-state index contributed by atoms with van der Waals surface area (Å²) in [6.07, 6.45) is 10.4. The van der Waals surface area contributed by atoms with Crippen LogP contribution in [0, 0.1) is 5.41 Å². The first kappa shape index (κ1) is 7.20. The van der Waals surface area contributed by atoms with E-state index in [1.807, 2.05) is 7.11 Å². The second-order valence-electron chi connectivity index (χ2n) is 3.80. The third-order valence-electron chi connectivity index (χ3n) is 3.26. The lowest BCUT2D eigenvalue weighted by molar-refractivity contribution is 0.178. The predicted molar refractivity (Wildman–Crippen MR) is 45.2 cm³/mol. The van der Waals surface area contributed by atoms with Gasteiger partial charge < -0.3 is 4.74 Å². The van der Waals surface area contributed by atoms with Gasteiger partial charge in [0.15, 0.2) is 0 Å². The highest BCUT2D eigenvalue weighted by Gasteiger charge is 2.40. The standard InChI is InChI=1S/C10H16O/c1-11-9-5-4-8-10(9)6-2-3-7-10/h5H,2-4,6-8H2,1H3. The number of allylic oxidation sites excluding steroid dienone is 2. The highest BCUT2D eigenvalue weighted by atomic mass is 16.5. The fourth-order valence-electron chi connectivity index (χ4n) is 2.67. The average Bonchev–Trinajstić information content (AvgIpc) is 2.62. The van der Waals surface area contributed by atoms with E-state index in [1.54, 1.807) is 0 Å². The Bertz CT molecular complexity index is 175. The minimum atomic E-state index is 0.495. The molecule has 0 heterocycles. The van der Waals surface area contributed by atoms with Gasteiger partial charge in [-0.3, -0.25) is 0 Å². The molecule has 1 heteroatoms. The van der Waals surface area contributed by atoms with Crippen LogP contribution in [0.5, 0.6) is 0 Å². The van der Waals surface area contributed by atoms with Crippen molar-refractivity contribution >= 4 is 0 Å². The lowest BCUT2D eigenvalue weighted by Gasteiger charge is -2.25. The highest BCUT2D eigenvalue weighted by Crippen LogP contribution is 2.51. The molecular weight excluding hydrogens is 136 g/mol. The van der Waals surface area contributed by atoms with Gasteiger partial charge in [-0.05, 0) is 31.8 Å². The maximum Gasteiger partial charge on any atom is 0.0977 e. The third kappa shape index (κ3) is 0.979. The van der Waals surface area contributed by atoms with E-state index >= 15 is 0 Å². The number of methoxy groups -OCH3 is 1. The van der Waals surface area contributed by atoms with E-state index in [0.29, 0.717) is 5.41 Å². The molecule has 11 heavy (non-hydrogen) atoms. The summed E-state index contributed by atoms with van der Waals surface area (Å²) in [7, 11) is 1.82. The molecule has 2 aliphatic carbocycles. The van der Waals surface area contributed by atoms with Gasteiger partial charge in [-0.15, -0.1) is 0 Å². The summed E-state index contributed by atoms with van der Waals surface area (Å²) in [5.74, 6) is 1.29. The minimum Gasteiger partial charge on any atom is -0.501 e. The van der Waals surface area contributed by atoms with Crippen molar-refractivity contribution in [3.05, 3.63) is 11.8 Å². The number of rotatable bonds is 1. The van der Waals surface area contributed by atoms with Crippen LogP contribution >= 0.6 is 0 Å². The van der Waals surface area contributed by atoms with E-state index in [-0.39, 0.29) is 0 Å². The molecule has 0 atom stereocenters. The Hall–Kier alpha value is -0.460. The first-order valence-electron chi connectivity index (χ1n) is 4.62. The molecule has 0 aromatic carbocycles. The molecule has 0 N–H and O–H groups in total. The Morgan fingerprint density at radius 2 is 2.00 bits per heavy atom. The first-order valence-corrected chi connectivity index (χ1v) is 4.62. The monoisotopic (exact) mass is 152 g/mol. The Morgan fingerprint density at radius 1 is 1.27 bits per heavy atom. The van der Waals surface area contributed by atoms with E-state index in [4.69, 9.17) is 4.74 Å². The van der Waals surface area contributed by atoms with Crippen LogP contribution in [0.4, 0.5) is 0 Å². The molecule has 0 unspecified atom stereocenters. The number of hydrogen-bond donors (Lipinski definition) is 0. The molecule has 0 bridgehead atoms. The molecule has 0 aromatic rings. The Kier molecular flexibility index (Phi) is 1.67. The summed E-state index contributed by atoms with van der Waals surface area (Å²) in [5, 5.41) is 0. The van der Waals surface area contributed by atoms with Crippen molar-refractivity contribution in [2.45, 2.75) is 38.5 Å². The molecular formula is C10H16O. The van der Waals surface area contributed by atoms with Gasteiger partial charge in [-0.1, -0.05) is 12.8 Å². The van der Waals surface area contributed by atoms with E-state index in [9.17, 15) is 0 Å². The van der Waals surface area contributed by atoms with Gasteiger partial charge in [-0.25, -0.2) is 0 Å². The summed E-state index contributed by atoms with van der Waals surface area (Å²) in [4.78, 5) is 0. The van der Waals surface area contributed by atoms with Crippen molar-refractivity contribution in [3.63, 3.8) is 0 Å². The van der Waals surface area contributed by atoms with Crippen LogP contribution < -0.4 is 0 Å². The molecule has 1 saturated carbocycles. The molecule has 0 saturated heterocycles. The van der Waals surface area contributed by atoms with Gasteiger partial charge in [0.25, 0.3) is 0 Å². The topological polar surface area (TPSA) is 9.23 Å². The predicted octanol–water partition coefficient (Wildman–Crippen LogP) is 2.87. The van der Waals surface area contributed by atoms with E-state index < -0.39 is 0 Å². The zero-order chi connectivity index (χ0) is 7.73. The Morgan fingerprint density at radius 3 is 2.64 bits per heavy atom. The van der Waals surface area contributed by atoms with Crippen LogP contribution in [0.1, 0.15) is 38.5 Å². The molecule has 1 fully saturated rings. The Balaban J connectivity index is 2.18. The first-order chi connectivity index (χ1) is 5.37. The van der Waals surface area contributed by atoms with Gasteiger partial charge in [0.05, 0.1) is 12.9 Å².